The van der Waals surface area contributed by atoms with Crippen molar-refractivity contribution in [2.24, 2.45) is 0 Å². The van der Waals surface area contributed by atoms with Crippen LogP contribution >= 0.6 is 0 Å². The Labute approximate surface area is 171 Å². The van der Waals surface area contributed by atoms with Crippen LogP contribution in [0.15, 0.2) is 47.4 Å². The molecule has 2 N–H and O–H groups in total. The summed E-state index contributed by atoms with van der Waals surface area (Å²) in [5, 5.41) is 2.84. The van der Waals surface area contributed by atoms with Gasteiger partial charge in [-0.25, -0.2) is 17.9 Å². The van der Waals surface area contributed by atoms with E-state index in [1.807, 2.05) is 39.0 Å². The van der Waals surface area contributed by atoms with Gasteiger partial charge in [0.05, 0.1) is 10.5 Å². The molecule has 0 aliphatic heterocycles. The summed E-state index contributed by atoms with van der Waals surface area (Å²) in [5.74, 6) is -1.04. The third-order valence-corrected chi connectivity index (χ3v) is 5.89. The van der Waals surface area contributed by atoms with Gasteiger partial charge in [-0.2, -0.15) is 0 Å². The van der Waals surface area contributed by atoms with Gasteiger partial charge < -0.3 is 10.1 Å². The summed E-state index contributed by atoms with van der Waals surface area (Å²) in [4.78, 5) is 24.9. The first-order valence-electron chi connectivity index (χ1n) is 9.21. The van der Waals surface area contributed by atoms with Crippen LogP contribution in [0.1, 0.15) is 48.2 Å². The normalized spacial score (nSPS) is 12.5. The zero-order valence-electron chi connectivity index (χ0n) is 17.1. The fourth-order valence-corrected chi connectivity index (χ4v) is 3.53. The quantitative estimate of drug-likeness (QED) is 0.673. The first-order chi connectivity index (χ1) is 13.6. The van der Waals surface area contributed by atoms with Crippen molar-refractivity contribution in [3.05, 3.63) is 59.2 Å². The highest BCUT2D eigenvalue weighted by atomic mass is 32.2. The van der Waals surface area contributed by atoms with Gasteiger partial charge in [-0.1, -0.05) is 38.1 Å². The number of ether oxygens (including phenoxy) is 1. The number of amides is 1. The van der Waals surface area contributed by atoms with E-state index in [1.165, 1.54) is 38.2 Å². The van der Waals surface area contributed by atoms with Gasteiger partial charge in [-0.3, -0.25) is 4.79 Å². The Hall–Kier alpha value is -2.71. The van der Waals surface area contributed by atoms with E-state index in [9.17, 15) is 18.0 Å². The van der Waals surface area contributed by atoms with Gasteiger partial charge in [0.15, 0.2) is 6.10 Å². The van der Waals surface area contributed by atoms with Crippen LogP contribution in [0, 0.1) is 6.92 Å². The highest BCUT2D eigenvalue weighted by Gasteiger charge is 2.22. The molecule has 2 aromatic carbocycles. The minimum absolute atomic E-state index is 0.0414. The second kappa shape index (κ2) is 9.19. The van der Waals surface area contributed by atoms with Crippen molar-refractivity contribution in [2.75, 3.05) is 12.4 Å². The number of rotatable bonds is 7. The van der Waals surface area contributed by atoms with Gasteiger partial charge in [0.1, 0.15) is 0 Å². The molecule has 0 aromatic heterocycles. The van der Waals surface area contributed by atoms with E-state index < -0.39 is 28.0 Å². The molecule has 0 saturated carbocycles. The number of anilines is 1. The van der Waals surface area contributed by atoms with E-state index in [4.69, 9.17) is 4.74 Å². The molecule has 156 valence electrons. The molecule has 2 aromatic rings. The second-order valence-electron chi connectivity index (χ2n) is 6.97. The smallest absolute Gasteiger partial charge is 0.338 e. The standard InChI is InChI=1S/C21H26N2O5S/c1-13(2)18-11-6-8-14(3)19(18)23-20(24)15(4)28-21(25)16-9-7-10-17(12-16)29(26,27)22-5/h6-13,15,22H,1-5H3,(H,23,24)/t15-/m1/s1. The largest absolute Gasteiger partial charge is 0.449 e. The van der Waals surface area contributed by atoms with Crippen LogP contribution in [-0.4, -0.2) is 33.4 Å². The lowest BCUT2D eigenvalue weighted by molar-refractivity contribution is -0.123. The summed E-state index contributed by atoms with van der Waals surface area (Å²) in [6, 6.07) is 11.2. The third-order valence-electron chi connectivity index (χ3n) is 4.48. The van der Waals surface area contributed by atoms with Gasteiger partial charge in [0.25, 0.3) is 5.91 Å². The van der Waals surface area contributed by atoms with Crippen molar-refractivity contribution in [3.8, 4) is 0 Å². The topological polar surface area (TPSA) is 102 Å². The minimum Gasteiger partial charge on any atom is -0.449 e. The lowest BCUT2D eigenvalue weighted by Gasteiger charge is -2.19. The number of nitrogens with one attached hydrogen (secondary N) is 2. The number of hydrogen-bond donors (Lipinski definition) is 2. The molecule has 29 heavy (non-hydrogen) atoms. The molecule has 0 aliphatic carbocycles. The first-order valence-corrected chi connectivity index (χ1v) is 10.7. The maximum absolute atomic E-state index is 12.6. The van der Waals surface area contributed by atoms with Crippen LogP contribution in [-0.2, 0) is 19.6 Å². The van der Waals surface area contributed by atoms with Gasteiger partial charge in [-0.05, 0) is 56.1 Å². The van der Waals surface area contributed by atoms with E-state index >= 15 is 0 Å². The lowest BCUT2D eigenvalue weighted by Crippen LogP contribution is -2.30. The van der Waals surface area contributed by atoms with Crippen LogP contribution in [0.2, 0.25) is 0 Å². The molecule has 0 radical (unpaired) electrons. The Kier molecular flexibility index (Phi) is 7.16. The summed E-state index contributed by atoms with van der Waals surface area (Å²) < 4.78 is 31.2. The van der Waals surface area contributed by atoms with Crippen LogP contribution < -0.4 is 10.0 Å². The Morgan fingerprint density at radius 2 is 1.69 bits per heavy atom. The molecule has 0 fully saturated rings. The number of sulfonamides is 1. The summed E-state index contributed by atoms with van der Waals surface area (Å²) in [6.45, 7) is 7.42. The second-order valence-corrected chi connectivity index (χ2v) is 8.85. The van der Waals surface area contributed by atoms with Gasteiger partial charge in [-0.15, -0.1) is 0 Å². The molecule has 0 saturated heterocycles. The number of carbonyl (C=O) groups is 2. The number of aryl methyl sites for hydroxylation is 1. The maximum atomic E-state index is 12.6. The van der Waals surface area contributed by atoms with Crippen LogP contribution in [0.3, 0.4) is 0 Å². The van der Waals surface area contributed by atoms with E-state index in [0.717, 1.165) is 11.1 Å². The van der Waals surface area contributed by atoms with Crippen LogP contribution in [0.25, 0.3) is 0 Å². The molecule has 1 atom stereocenters. The monoisotopic (exact) mass is 418 g/mol. The Balaban J connectivity index is 2.15. The molecule has 0 heterocycles. The summed E-state index contributed by atoms with van der Waals surface area (Å²) >= 11 is 0. The summed E-state index contributed by atoms with van der Waals surface area (Å²) in [5.41, 5.74) is 2.65. The highest BCUT2D eigenvalue weighted by Crippen LogP contribution is 2.27. The molecule has 8 heteroatoms. The van der Waals surface area contributed by atoms with Gasteiger partial charge >= 0.3 is 5.97 Å². The molecule has 7 nitrogen and oxygen atoms in total. The molecular weight excluding hydrogens is 392 g/mol. The first kappa shape index (κ1) is 22.6. The van der Waals surface area contributed by atoms with E-state index in [1.54, 1.807) is 0 Å². The van der Waals surface area contributed by atoms with E-state index in [2.05, 4.69) is 10.0 Å². The zero-order valence-corrected chi connectivity index (χ0v) is 18.0. The van der Waals surface area contributed by atoms with E-state index in [0.29, 0.717) is 5.69 Å². The number of carbonyl (C=O) groups excluding carboxylic acids is 2. The molecule has 0 spiro atoms. The Morgan fingerprint density at radius 3 is 2.31 bits per heavy atom. The van der Waals surface area contributed by atoms with Crippen LogP contribution in [0.5, 0.6) is 0 Å². The number of para-hydroxylation sites is 1. The number of benzene rings is 2. The highest BCUT2D eigenvalue weighted by molar-refractivity contribution is 7.89. The molecule has 1 amide bonds. The predicted molar refractivity (Wildman–Crippen MR) is 111 cm³/mol. The minimum atomic E-state index is -3.69. The predicted octanol–water partition coefficient (Wildman–Crippen LogP) is 3.21. The lowest BCUT2D eigenvalue weighted by atomic mass is 9.98. The summed E-state index contributed by atoms with van der Waals surface area (Å²) in [6.07, 6.45) is -1.06. The molecule has 0 bridgehead atoms. The fourth-order valence-electron chi connectivity index (χ4n) is 2.76. The summed E-state index contributed by atoms with van der Waals surface area (Å²) in [7, 11) is -2.41. The molecule has 0 unspecified atom stereocenters. The average Bonchev–Trinajstić information content (AvgIpc) is 2.69. The molecule has 2 rings (SSSR count). The fraction of sp³-hybridized carbons (Fsp3) is 0.333. The third kappa shape index (κ3) is 5.42. The van der Waals surface area contributed by atoms with Crippen LogP contribution in [0.4, 0.5) is 5.69 Å². The van der Waals surface area contributed by atoms with Crippen molar-refractivity contribution in [1.82, 2.24) is 4.72 Å². The Bertz CT molecular complexity index is 1020. The van der Waals surface area contributed by atoms with Gasteiger partial charge in [0.2, 0.25) is 10.0 Å². The SMILES string of the molecule is CNS(=O)(=O)c1cccc(C(=O)O[C@H](C)C(=O)Nc2c(C)cccc2C(C)C)c1. The average molecular weight is 419 g/mol. The maximum Gasteiger partial charge on any atom is 0.338 e. The molecule has 0 aliphatic rings. The van der Waals surface area contributed by atoms with Gasteiger partial charge in [0, 0.05) is 5.69 Å². The van der Waals surface area contributed by atoms with Crippen molar-refractivity contribution in [2.45, 2.75) is 44.6 Å². The zero-order chi connectivity index (χ0) is 21.8. The van der Waals surface area contributed by atoms with Crippen molar-refractivity contribution in [3.63, 3.8) is 0 Å². The Morgan fingerprint density at radius 1 is 1.03 bits per heavy atom. The van der Waals surface area contributed by atoms with Crippen molar-refractivity contribution >= 4 is 27.6 Å². The van der Waals surface area contributed by atoms with Crippen molar-refractivity contribution < 1.29 is 22.7 Å². The molecular formula is C21H26N2O5S. The number of esters is 1. The van der Waals surface area contributed by atoms with Crippen molar-refractivity contribution in [1.29, 1.82) is 0 Å². The van der Waals surface area contributed by atoms with E-state index in [-0.39, 0.29) is 16.4 Å². The number of hydrogen-bond acceptors (Lipinski definition) is 5.